The molecule has 0 fully saturated rings. The SMILES string of the molecule is CNc1cc(C)nc(Cn2cncn2)n1. The third kappa shape index (κ3) is 2.28. The van der Waals surface area contributed by atoms with Gasteiger partial charge in [0.1, 0.15) is 25.0 Å². The zero-order chi connectivity index (χ0) is 10.7. The minimum Gasteiger partial charge on any atom is -0.373 e. The molecular formula is C9H12N6. The molecule has 0 saturated carbocycles. The Hall–Kier alpha value is -1.98. The van der Waals surface area contributed by atoms with Gasteiger partial charge in [0.25, 0.3) is 0 Å². The Balaban J connectivity index is 2.24. The summed E-state index contributed by atoms with van der Waals surface area (Å²) in [6.45, 7) is 2.48. The van der Waals surface area contributed by atoms with Crippen molar-refractivity contribution in [2.45, 2.75) is 13.5 Å². The number of aryl methyl sites for hydroxylation is 1. The molecule has 6 nitrogen and oxygen atoms in total. The number of nitrogens with one attached hydrogen (secondary N) is 1. The first-order valence-electron chi connectivity index (χ1n) is 4.62. The number of aromatic nitrogens is 5. The molecule has 0 spiro atoms. The van der Waals surface area contributed by atoms with Crippen molar-refractivity contribution in [3.8, 4) is 0 Å². The first kappa shape index (κ1) is 9.57. The van der Waals surface area contributed by atoms with Crippen molar-refractivity contribution >= 4 is 5.82 Å². The summed E-state index contributed by atoms with van der Waals surface area (Å²) in [7, 11) is 1.83. The molecule has 0 aliphatic heterocycles. The fourth-order valence-electron chi connectivity index (χ4n) is 1.29. The fraction of sp³-hybridized carbons (Fsp3) is 0.333. The molecule has 15 heavy (non-hydrogen) atoms. The Bertz CT molecular complexity index is 436. The third-order valence-corrected chi connectivity index (χ3v) is 1.93. The molecule has 2 aromatic heterocycles. The van der Waals surface area contributed by atoms with Gasteiger partial charge in [0.05, 0.1) is 0 Å². The van der Waals surface area contributed by atoms with Gasteiger partial charge < -0.3 is 5.32 Å². The molecule has 1 N–H and O–H groups in total. The van der Waals surface area contributed by atoms with Gasteiger partial charge in [-0.25, -0.2) is 19.6 Å². The van der Waals surface area contributed by atoms with E-state index in [4.69, 9.17) is 0 Å². The molecule has 2 heterocycles. The molecule has 0 aromatic carbocycles. The quantitative estimate of drug-likeness (QED) is 0.787. The van der Waals surface area contributed by atoms with E-state index in [1.807, 2.05) is 20.0 Å². The van der Waals surface area contributed by atoms with Crippen LogP contribution in [-0.4, -0.2) is 31.8 Å². The molecule has 0 saturated heterocycles. The number of hydrogen-bond acceptors (Lipinski definition) is 5. The molecule has 78 valence electrons. The highest BCUT2D eigenvalue weighted by atomic mass is 15.3. The number of rotatable bonds is 3. The molecule has 0 unspecified atom stereocenters. The van der Waals surface area contributed by atoms with Crippen molar-refractivity contribution in [3.63, 3.8) is 0 Å². The van der Waals surface area contributed by atoms with E-state index in [-0.39, 0.29) is 0 Å². The van der Waals surface area contributed by atoms with Gasteiger partial charge in [-0.2, -0.15) is 5.10 Å². The second-order valence-electron chi connectivity index (χ2n) is 3.15. The summed E-state index contributed by atoms with van der Waals surface area (Å²) in [5.74, 6) is 1.54. The van der Waals surface area contributed by atoms with Gasteiger partial charge in [0.15, 0.2) is 5.82 Å². The number of nitrogens with zero attached hydrogens (tertiary/aromatic N) is 5. The number of anilines is 1. The Labute approximate surface area is 87.4 Å². The zero-order valence-electron chi connectivity index (χ0n) is 8.68. The van der Waals surface area contributed by atoms with Crippen LogP contribution < -0.4 is 5.32 Å². The van der Waals surface area contributed by atoms with Crippen molar-refractivity contribution in [1.29, 1.82) is 0 Å². The highest BCUT2D eigenvalue weighted by Gasteiger charge is 2.02. The van der Waals surface area contributed by atoms with Crippen LogP contribution >= 0.6 is 0 Å². The van der Waals surface area contributed by atoms with Crippen LogP contribution in [0.25, 0.3) is 0 Å². The van der Waals surface area contributed by atoms with Gasteiger partial charge in [0, 0.05) is 18.8 Å². The van der Waals surface area contributed by atoms with E-state index in [9.17, 15) is 0 Å². The van der Waals surface area contributed by atoms with Crippen molar-refractivity contribution in [3.05, 3.63) is 30.2 Å². The third-order valence-electron chi connectivity index (χ3n) is 1.93. The van der Waals surface area contributed by atoms with Gasteiger partial charge in [-0.15, -0.1) is 0 Å². The standard InChI is InChI=1S/C9H12N6/c1-7-3-8(10-2)14-9(13-7)4-15-6-11-5-12-15/h3,5-6H,4H2,1-2H3,(H,10,13,14). The first-order chi connectivity index (χ1) is 7.28. The van der Waals surface area contributed by atoms with E-state index < -0.39 is 0 Å². The van der Waals surface area contributed by atoms with Crippen LogP contribution in [0, 0.1) is 6.92 Å². The summed E-state index contributed by atoms with van der Waals surface area (Å²) in [5.41, 5.74) is 0.935. The lowest BCUT2D eigenvalue weighted by molar-refractivity contribution is 0.652. The van der Waals surface area contributed by atoms with Gasteiger partial charge in [-0.05, 0) is 6.92 Å². The molecule has 2 aromatic rings. The lowest BCUT2D eigenvalue weighted by Gasteiger charge is -2.04. The van der Waals surface area contributed by atoms with Gasteiger partial charge in [-0.1, -0.05) is 0 Å². The van der Waals surface area contributed by atoms with Crippen LogP contribution in [-0.2, 0) is 6.54 Å². The Kier molecular flexibility index (Phi) is 2.57. The maximum absolute atomic E-state index is 4.32. The van der Waals surface area contributed by atoms with Crippen LogP contribution in [0.2, 0.25) is 0 Å². The first-order valence-corrected chi connectivity index (χ1v) is 4.62. The Morgan fingerprint density at radius 1 is 1.40 bits per heavy atom. The number of hydrogen-bond donors (Lipinski definition) is 1. The van der Waals surface area contributed by atoms with Crippen molar-refractivity contribution in [1.82, 2.24) is 24.7 Å². The average Bonchev–Trinajstić information content (AvgIpc) is 2.69. The van der Waals surface area contributed by atoms with Crippen LogP contribution in [0.15, 0.2) is 18.7 Å². The smallest absolute Gasteiger partial charge is 0.152 e. The maximum Gasteiger partial charge on any atom is 0.152 e. The van der Waals surface area contributed by atoms with Crippen LogP contribution in [0.1, 0.15) is 11.5 Å². The highest BCUT2D eigenvalue weighted by molar-refractivity contribution is 5.34. The molecule has 0 amide bonds. The van der Waals surface area contributed by atoms with Gasteiger partial charge >= 0.3 is 0 Å². The molecule has 0 aliphatic carbocycles. The van der Waals surface area contributed by atoms with E-state index in [1.165, 1.54) is 6.33 Å². The molecule has 0 aliphatic rings. The lowest BCUT2D eigenvalue weighted by atomic mass is 10.4. The summed E-state index contributed by atoms with van der Waals surface area (Å²) in [6, 6.07) is 1.89. The van der Waals surface area contributed by atoms with Crippen molar-refractivity contribution in [2.24, 2.45) is 0 Å². The van der Waals surface area contributed by atoms with Gasteiger partial charge in [-0.3, -0.25) is 0 Å². The molecular weight excluding hydrogens is 192 g/mol. The van der Waals surface area contributed by atoms with Crippen molar-refractivity contribution < 1.29 is 0 Å². The summed E-state index contributed by atoms with van der Waals surface area (Å²) < 4.78 is 1.69. The van der Waals surface area contributed by atoms with Crippen LogP contribution in [0.3, 0.4) is 0 Å². The zero-order valence-corrected chi connectivity index (χ0v) is 8.68. The predicted molar refractivity (Wildman–Crippen MR) is 55.4 cm³/mol. The Morgan fingerprint density at radius 3 is 2.93 bits per heavy atom. The van der Waals surface area contributed by atoms with E-state index >= 15 is 0 Å². The summed E-state index contributed by atoms with van der Waals surface area (Å²) in [6.07, 6.45) is 3.14. The van der Waals surface area contributed by atoms with Crippen molar-refractivity contribution in [2.75, 3.05) is 12.4 Å². The van der Waals surface area contributed by atoms with E-state index in [2.05, 4.69) is 25.4 Å². The predicted octanol–water partition coefficient (Wildman–Crippen LogP) is 0.467. The highest BCUT2D eigenvalue weighted by Crippen LogP contribution is 2.05. The van der Waals surface area contributed by atoms with E-state index in [1.54, 1.807) is 11.0 Å². The minimum atomic E-state index is 0.538. The second-order valence-corrected chi connectivity index (χ2v) is 3.15. The normalized spacial score (nSPS) is 10.3. The Morgan fingerprint density at radius 2 is 2.27 bits per heavy atom. The molecule has 0 radical (unpaired) electrons. The lowest BCUT2D eigenvalue weighted by Crippen LogP contribution is -2.07. The average molecular weight is 204 g/mol. The monoisotopic (exact) mass is 204 g/mol. The molecule has 0 atom stereocenters. The van der Waals surface area contributed by atoms with E-state index in [0.29, 0.717) is 6.54 Å². The largest absolute Gasteiger partial charge is 0.373 e. The minimum absolute atomic E-state index is 0.538. The summed E-state index contributed by atoms with van der Waals surface area (Å²) in [4.78, 5) is 12.5. The fourth-order valence-corrected chi connectivity index (χ4v) is 1.29. The summed E-state index contributed by atoms with van der Waals surface area (Å²) in [5, 5.41) is 6.99. The van der Waals surface area contributed by atoms with Crippen LogP contribution in [0.5, 0.6) is 0 Å². The van der Waals surface area contributed by atoms with Gasteiger partial charge in [0.2, 0.25) is 0 Å². The van der Waals surface area contributed by atoms with E-state index in [0.717, 1.165) is 17.3 Å². The second kappa shape index (κ2) is 4.04. The molecule has 6 heteroatoms. The summed E-state index contributed by atoms with van der Waals surface area (Å²) >= 11 is 0. The maximum atomic E-state index is 4.32. The van der Waals surface area contributed by atoms with Crippen LogP contribution in [0.4, 0.5) is 5.82 Å². The molecule has 2 rings (SSSR count). The molecule has 0 bridgehead atoms. The topological polar surface area (TPSA) is 68.5 Å².